The maximum Gasteiger partial charge on any atom is 0.218 e. The fourth-order valence-electron chi connectivity index (χ4n) is 3.07. The molecule has 1 aliphatic carbocycles. The van der Waals surface area contributed by atoms with E-state index in [0.29, 0.717) is 6.42 Å². The highest BCUT2D eigenvalue weighted by atomic mass is 16.5. The standard InChI is InChI=1S/C15H21NO2/c1-18-13-7-5-12(6-8-13)15(11-14(16)17)9-3-2-4-10-15/h5-8H,2-4,9-11H2,1H3,(H2,16,17). The molecule has 1 fully saturated rings. The smallest absolute Gasteiger partial charge is 0.218 e. The lowest BCUT2D eigenvalue weighted by molar-refractivity contribution is -0.119. The van der Waals surface area contributed by atoms with Crippen LogP contribution in [0.1, 0.15) is 44.1 Å². The fraction of sp³-hybridized carbons (Fsp3) is 0.533. The lowest BCUT2D eigenvalue weighted by Crippen LogP contribution is -2.34. The number of amides is 1. The summed E-state index contributed by atoms with van der Waals surface area (Å²) in [6.45, 7) is 0. The van der Waals surface area contributed by atoms with Crippen LogP contribution in [0.4, 0.5) is 0 Å². The van der Waals surface area contributed by atoms with E-state index < -0.39 is 0 Å². The molecule has 18 heavy (non-hydrogen) atoms. The molecule has 0 atom stereocenters. The van der Waals surface area contributed by atoms with E-state index in [-0.39, 0.29) is 11.3 Å². The number of hydrogen-bond donors (Lipinski definition) is 1. The van der Waals surface area contributed by atoms with E-state index in [9.17, 15) is 4.79 Å². The zero-order valence-electron chi connectivity index (χ0n) is 10.9. The second-order valence-electron chi connectivity index (χ2n) is 5.21. The summed E-state index contributed by atoms with van der Waals surface area (Å²) in [4.78, 5) is 11.4. The van der Waals surface area contributed by atoms with Gasteiger partial charge < -0.3 is 10.5 Å². The average Bonchev–Trinajstić information content (AvgIpc) is 2.39. The molecule has 0 unspecified atom stereocenters. The summed E-state index contributed by atoms with van der Waals surface area (Å²) in [6.07, 6.45) is 6.19. The molecule has 0 saturated heterocycles. The first-order valence-electron chi connectivity index (χ1n) is 6.59. The van der Waals surface area contributed by atoms with Gasteiger partial charge in [0, 0.05) is 11.8 Å². The monoisotopic (exact) mass is 247 g/mol. The Hall–Kier alpha value is -1.51. The SMILES string of the molecule is COc1ccc(C2(CC(N)=O)CCCCC2)cc1. The molecular weight excluding hydrogens is 226 g/mol. The number of rotatable bonds is 4. The van der Waals surface area contributed by atoms with Crippen molar-refractivity contribution in [2.75, 3.05) is 7.11 Å². The van der Waals surface area contributed by atoms with Crippen molar-refractivity contribution in [3.8, 4) is 5.75 Å². The average molecular weight is 247 g/mol. The summed E-state index contributed by atoms with van der Waals surface area (Å²) in [7, 11) is 1.66. The van der Waals surface area contributed by atoms with Gasteiger partial charge in [-0.15, -0.1) is 0 Å². The highest BCUT2D eigenvalue weighted by Crippen LogP contribution is 2.42. The molecule has 1 aliphatic rings. The van der Waals surface area contributed by atoms with E-state index in [4.69, 9.17) is 10.5 Å². The molecule has 3 nitrogen and oxygen atoms in total. The summed E-state index contributed by atoms with van der Waals surface area (Å²) in [5.74, 6) is 0.650. The Kier molecular flexibility index (Phi) is 3.90. The van der Waals surface area contributed by atoms with Crippen molar-refractivity contribution in [2.24, 2.45) is 5.73 Å². The number of benzene rings is 1. The summed E-state index contributed by atoms with van der Waals surface area (Å²) >= 11 is 0. The lowest BCUT2D eigenvalue weighted by Gasteiger charge is -2.37. The number of nitrogens with two attached hydrogens (primary N) is 1. The maximum absolute atomic E-state index is 11.4. The summed E-state index contributed by atoms with van der Waals surface area (Å²) in [6, 6.07) is 8.08. The molecule has 0 aromatic heterocycles. The van der Waals surface area contributed by atoms with E-state index >= 15 is 0 Å². The predicted molar refractivity (Wildman–Crippen MR) is 71.6 cm³/mol. The quantitative estimate of drug-likeness (QED) is 0.889. The van der Waals surface area contributed by atoms with Crippen LogP contribution in [0.25, 0.3) is 0 Å². The van der Waals surface area contributed by atoms with E-state index in [2.05, 4.69) is 12.1 Å². The van der Waals surface area contributed by atoms with Gasteiger partial charge in [-0.25, -0.2) is 0 Å². The highest BCUT2D eigenvalue weighted by Gasteiger charge is 2.35. The van der Waals surface area contributed by atoms with Crippen molar-refractivity contribution >= 4 is 5.91 Å². The Balaban J connectivity index is 2.29. The van der Waals surface area contributed by atoms with E-state index in [0.717, 1.165) is 18.6 Å². The van der Waals surface area contributed by atoms with Crippen LogP contribution in [-0.2, 0) is 10.2 Å². The Morgan fingerprint density at radius 2 is 1.83 bits per heavy atom. The van der Waals surface area contributed by atoms with Crippen LogP contribution in [0.2, 0.25) is 0 Å². The molecule has 2 N–H and O–H groups in total. The Morgan fingerprint density at radius 1 is 1.22 bits per heavy atom. The first-order valence-corrected chi connectivity index (χ1v) is 6.59. The molecule has 0 bridgehead atoms. The molecule has 1 amide bonds. The zero-order valence-corrected chi connectivity index (χ0v) is 10.9. The Morgan fingerprint density at radius 3 is 2.33 bits per heavy atom. The molecule has 0 heterocycles. The van der Waals surface area contributed by atoms with Crippen LogP contribution in [0.3, 0.4) is 0 Å². The van der Waals surface area contributed by atoms with Gasteiger partial charge in [0.1, 0.15) is 5.75 Å². The van der Waals surface area contributed by atoms with E-state index in [1.54, 1.807) is 7.11 Å². The largest absolute Gasteiger partial charge is 0.497 e. The van der Waals surface area contributed by atoms with Crippen LogP contribution < -0.4 is 10.5 Å². The van der Waals surface area contributed by atoms with Crippen LogP contribution in [0.5, 0.6) is 5.75 Å². The summed E-state index contributed by atoms with van der Waals surface area (Å²) in [5.41, 5.74) is 6.62. The van der Waals surface area contributed by atoms with Gasteiger partial charge in [-0.05, 0) is 30.5 Å². The van der Waals surface area contributed by atoms with Crippen molar-refractivity contribution in [3.63, 3.8) is 0 Å². The number of methoxy groups -OCH3 is 1. The summed E-state index contributed by atoms with van der Waals surface area (Å²) < 4.78 is 5.18. The molecule has 1 aromatic carbocycles. The van der Waals surface area contributed by atoms with Crippen LogP contribution in [-0.4, -0.2) is 13.0 Å². The van der Waals surface area contributed by atoms with Crippen molar-refractivity contribution in [1.82, 2.24) is 0 Å². The van der Waals surface area contributed by atoms with Crippen LogP contribution in [0.15, 0.2) is 24.3 Å². The van der Waals surface area contributed by atoms with E-state index in [1.807, 2.05) is 12.1 Å². The predicted octanol–water partition coefficient (Wildman–Crippen LogP) is 2.77. The van der Waals surface area contributed by atoms with E-state index in [1.165, 1.54) is 24.8 Å². The van der Waals surface area contributed by atoms with Gasteiger partial charge in [0.15, 0.2) is 0 Å². The number of hydrogen-bond acceptors (Lipinski definition) is 2. The lowest BCUT2D eigenvalue weighted by atomic mass is 9.67. The maximum atomic E-state index is 11.4. The minimum Gasteiger partial charge on any atom is -0.497 e. The van der Waals surface area contributed by atoms with Crippen molar-refractivity contribution in [1.29, 1.82) is 0 Å². The second kappa shape index (κ2) is 5.42. The minimum atomic E-state index is -0.201. The third-order valence-electron chi connectivity index (χ3n) is 4.03. The summed E-state index contributed by atoms with van der Waals surface area (Å²) in [5, 5.41) is 0. The molecule has 3 heteroatoms. The number of primary amides is 1. The van der Waals surface area contributed by atoms with Crippen LogP contribution in [0, 0.1) is 0 Å². The molecule has 1 saturated carbocycles. The molecule has 2 rings (SSSR count). The molecule has 0 aliphatic heterocycles. The first-order chi connectivity index (χ1) is 8.66. The molecule has 1 aromatic rings. The van der Waals surface area contributed by atoms with Crippen molar-refractivity contribution in [3.05, 3.63) is 29.8 Å². The minimum absolute atomic E-state index is 0.0453. The van der Waals surface area contributed by atoms with Crippen molar-refractivity contribution < 1.29 is 9.53 Å². The van der Waals surface area contributed by atoms with Gasteiger partial charge in [0.25, 0.3) is 0 Å². The van der Waals surface area contributed by atoms with Gasteiger partial charge in [0.2, 0.25) is 5.91 Å². The zero-order chi connectivity index (χ0) is 13.0. The normalized spacial score (nSPS) is 18.3. The third-order valence-corrected chi connectivity index (χ3v) is 4.03. The molecule has 98 valence electrons. The number of carbonyl (C=O) groups is 1. The fourth-order valence-corrected chi connectivity index (χ4v) is 3.07. The molecular formula is C15H21NO2. The van der Waals surface area contributed by atoms with Gasteiger partial charge in [-0.2, -0.15) is 0 Å². The number of ether oxygens (including phenoxy) is 1. The number of carbonyl (C=O) groups excluding carboxylic acids is 1. The third kappa shape index (κ3) is 2.66. The van der Waals surface area contributed by atoms with Crippen molar-refractivity contribution in [2.45, 2.75) is 43.9 Å². The van der Waals surface area contributed by atoms with Gasteiger partial charge in [-0.1, -0.05) is 31.4 Å². The molecule has 0 spiro atoms. The molecule has 0 radical (unpaired) electrons. The topological polar surface area (TPSA) is 52.3 Å². The van der Waals surface area contributed by atoms with Gasteiger partial charge in [0.05, 0.1) is 7.11 Å². The Labute approximate surface area is 108 Å². The Bertz CT molecular complexity index is 405. The first kappa shape index (κ1) is 12.9. The second-order valence-corrected chi connectivity index (χ2v) is 5.21. The van der Waals surface area contributed by atoms with Gasteiger partial charge in [-0.3, -0.25) is 4.79 Å². The van der Waals surface area contributed by atoms with Crippen LogP contribution >= 0.6 is 0 Å². The highest BCUT2D eigenvalue weighted by molar-refractivity contribution is 5.75. The van der Waals surface area contributed by atoms with Gasteiger partial charge >= 0.3 is 0 Å².